The summed E-state index contributed by atoms with van der Waals surface area (Å²) < 4.78 is 4.83. The monoisotopic (exact) mass is 170 g/mol. The highest BCUT2D eigenvalue weighted by molar-refractivity contribution is 6.52. The maximum Gasteiger partial charge on any atom is 0.314 e. The van der Waals surface area contributed by atoms with Crippen molar-refractivity contribution < 1.29 is 4.74 Å². The van der Waals surface area contributed by atoms with Gasteiger partial charge in [0.2, 0.25) is 0 Å². The zero-order chi connectivity index (χ0) is 9.56. The summed E-state index contributed by atoms with van der Waals surface area (Å²) in [5.74, 6) is 0. The molecule has 0 saturated heterocycles. The zero-order valence-corrected chi connectivity index (χ0v) is 8.74. The van der Waals surface area contributed by atoms with Crippen LogP contribution in [0.4, 0.5) is 0 Å². The van der Waals surface area contributed by atoms with Crippen LogP contribution in [0.3, 0.4) is 0 Å². The number of rotatable bonds is 5. The van der Waals surface area contributed by atoms with Gasteiger partial charge in [-0.2, -0.15) is 0 Å². The minimum atomic E-state index is 0.441. The Morgan fingerprint density at radius 3 is 2.00 bits per heavy atom. The molecule has 12 heavy (non-hydrogen) atoms. The van der Waals surface area contributed by atoms with Crippen LogP contribution in [0.5, 0.6) is 0 Å². The van der Waals surface area contributed by atoms with Crippen molar-refractivity contribution in [3.63, 3.8) is 0 Å². The summed E-state index contributed by atoms with van der Waals surface area (Å²) in [6.45, 7) is 0.441. The summed E-state index contributed by atoms with van der Waals surface area (Å²) in [6, 6.07) is 0. The van der Waals surface area contributed by atoms with Crippen LogP contribution < -0.4 is 0 Å². The fraction of sp³-hybridized carbons (Fsp3) is 0.750. The van der Waals surface area contributed by atoms with E-state index in [1.165, 1.54) is 0 Å². The molecule has 0 aromatic rings. The Labute approximate surface area is 76.1 Å². The molecule has 0 bridgehead atoms. The third-order valence-electron chi connectivity index (χ3n) is 1.77. The van der Waals surface area contributed by atoms with Crippen LogP contribution in [-0.4, -0.2) is 51.9 Å². The summed E-state index contributed by atoms with van der Waals surface area (Å²) in [7, 11) is 9.96. The third kappa shape index (κ3) is 4.41. The molecule has 0 heterocycles. The summed E-state index contributed by atoms with van der Waals surface area (Å²) in [4.78, 5) is 4.36. The standard InChI is InChI=1S/C8H19BN2O/c1-10(2)9(11(3)4)7-6-8-12-5/h6,8H,7H2,1-5H3/b8-6-. The first-order valence-electron chi connectivity index (χ1n) is 4.10. The number of hydrogen-bond donors (Lipinski definition) is 0. The molecule has 0 aliphatic heterocycles. The highest BCUT2D eigenvalue weighted by atomic mass is 16.5. The normalized spacial score (nSPS) is 11.6. The number of methoxy groups -OCH3 is 1. The van der Waals surface area contributed by atoms with Crippen LogP contribution in [0, 0.1) is 0 Å². The van der Waals surface area contributed by atoms with Crippen molar-refractivity contribution in [1.82, 2.24) is 9.62 Å². The molecule has 0 spiro atoms. The molecule has 0 atom stereocenters. The van der Waals surface area contributed by atoms with Gasteiger partial charge in [0.15, 0.2) is 0 Å². The number of nitrogens with zero attached hydrogens (tertiary/aromatic N) is 2. The van der Waals surface area contributed by atoms with Crippen molar-refractivity contribution >= 4 is 6.98 Å². The lowest BCUT2D eigenvalue weighted by atomic mass is 9.69. The second-order valence-corrected chi connectivity index (χ2v) is 3.25. The lowest BCUT2D eigenvalue weighted by Crippen LogP contribution is -2.44. The summed E-state index contributed by atoms with van der Waals surface area (Å²) >= 11 is 0. The largest absolute Gasteiger partial charge is 0.505 e. The van der Waals surface area contributed by atoms with Gasteiger partial charge < -0.3 is 14.4 Å². The molecule has 0 N–H and O–H groups in total. The second kappa shape index (κ2) is 6.09. The molecule has 0 saturated carbocycles. The maximum absolute atomic E-state index is 4.83. The van der Waals surface area contributed by atoms with E-state index in [1.54, 1.807) is 13.4 Å². The van der Waals surface area contributed by atoms with Crippen molar-refractivity contribution in [3.8, 4) is 0 Å². The highest BCUT2D eigenvalue weighted by Gasteiger charge is 2.17. The van der Waals surface area contributed by atoms with E-state index in [0.29, 0.717) is 6.98 Å². The Kier molecular flexibility index (Phi) is 5.85. The van der Waals surface area contributed by atoms with Gasteiger partial charge in [0, 0.05) is 0 Å². The third-order valence-corrected chi connectivity index (χ3v) is 1.77. The molecule has 3 nitrogen and oxygen atoms in total. The Morgan fingerprint density at radius 2 is 1.67 bits per heavy atom. The first-order valence-corrected chi connectivity index (χ1v) is 4.10. The summed E-state index contributed by atoms with van der Waals surface area (Å²) in [5.41, 5.74) is 0. The van der Waals surface area contributed by atoms with Gasteiger partial charge in [-0.1, -0.05) is 6.08 Å². The van der Waals surface area contributed by atoms with Crippen LogP contribution in [0.1, 0.15) is 0 Å². The lowest BCUT2D eigenvalue weighted by molar-refractivity contribution is 0.337. The van der Waals surface area contributed by atoms with E-state index in [4.69, 9.17) is 4.74 Å². The lowest BCUT2D eigenvalue weighted by Gasteiger charge is -2.25. The van der Waals surface area contributed by atoms with E-state index >= 15 is 0 Å². The van der Waals surface area contributed by atoms with Gasteiger partial charge in [-0.05, 0) is 34.5 Å². The van der Waals surface area contributed by atoms with Gasteiger partial charge in [-0.15, -0.1) is 0 Å². The zero-order valence-electron chi connectivity index (χ0n) is 8.74. The molecule has 70 valence electrons. The predicted octanol–water partition coefficient (Wildman–Crippen LogP) is 0.758. The van der Waals surface area contributed by atoms with Gasteiger partial charge in [0.05, 0.1) is 13.4 Å². The van der Waals surface area contributed by atoms with E-state index in [-0.39, 0.29) is 0 Å². The van der Waals surface area contributed by atoms with Crippen LogP contribution >= 0.6 is 0 Å². The van der Waals surface area contributed by atoms with Crippen LogP contribution in [0.25, 0.3) is 0 Å². The molecule has 0 aromatic carbocycles. The predicted molar refractivity (Wildman–Crippen MR) is 54.1 cm³/mol. The molecule has 0 aliphatic rings. The second-order valence-electron chi connectivity index (χ2n) is 3.25. The molecular formula is C8H19BN2O. The fourth-order valence-corrected chi connectivity index (χ4v) is 1.16. The Bertz CT molecular complexity index is 129. The Hall–Kier alpha value is -0.475. The maximum atomic E-state index is 4.83. The van der Waals surface area contributed by atoms with E-state index in [9.17, 15) is 0 Å². The molecular weight excluding hydrogens is 151 g/mol. The number of hydrogen-bond acceptors (Lipinski definition) is 3. The highest BCUT2D eigenvalue weighted by Crippen LogP contribution is 1.99. The fourth-order valence-electron chi connectivity index (χ4n) is 1.16. The smallest absolute Gasteiger partial charge is 0.314 e. The van der Waals surface area contributed by atoms with Crippen molar-refractivity contribution in [2.45, 2.75) is 6.32 Å². The van der Waals surface area contributed by atoms with Crippen molar-refractivity contribution in [3.05, 3.63) is 12.3 Å². The topological polar surface area (TPSA) is 15.7 Å². The average molecular weight is 170 g/mol. The molecule has 0 rings (SSSR count). The van der Waals surface area contributed by atoms with Crippen molar-refractivity contribution in [2.24, 2.45) is 0 Å². The van der Waals surface area contributed by atoms with Gasteiger partial charge in [0.25, 0.3) is 0 Å². The number of ether oxygens (including phenoxy) is 1. The van der Waals surface area contributed by atoms with Crippen LogP contribution in [0.2, 0.25) is 6.32 Å². The van der Waals surface area contributed by atoms with Gasteiger partial charge >= 0.3 is 6.98 Å². The molecule has 0 aliphatic carbocycles. The van der Waals surface area contributed by atoms with Crippen molar-refractivity contribution in [1.29, 1.82) is 0 Å². The molecule has 0 fully saturated rings. The first-order chi connectivity index (χ1) is 5.59. The molecule has 0 aromatic heterocycles. The Balaban J connectivity index is 3.88. The van der Waals surface area contributed by atoms with E-state index < -0.39 is 0 Å². The molecule has 0 unspecified atom stereocenters. The molecule has 4 heteroatoms. The quantitative estimate of drug-likeness (QED) is 0.447. The van der Waals surface area contributed by atoms with Gasteiger partial charge in [-0.25, -0.2) is 0 Å². The average Bonchev–Trinajstić information content (AvgIpc) is 1.96. The van der Waals surface area contributed by atoms with E-state index in [0.717, 1.165) is 6.32 Å². The van der Waals surface area contributed by atoms with E-state index in [1.807, 2.05) is 6.08 Å². The SMILES string of the molecule is CO/C=C\CB(N(C)C)N(C)C. The Morgan fingerprint density at radius 1 is 1.17 bits per heavy atom. The van der Waals surface area contributed by atoms with Gasteiger partial charge in [-0.3, -0.25) is 0 Å². The molecule has 0 amide bonds. The van der Waals surface area contributed by atoms with E-state index in [2.05, 4.69) is 37.8 Å². The first kappa shape index (κ1) is 11.5. The van der Waals surface area contributed by atoms with Gasteiger partial charge in [0.1, 0.15) is 0 Å². The van der Waals surface area contributed by atoms with Crippen LogP contribution in [-0.2, 0) is 4.74 Å². The summed E-state index contributed by atoms with van der Waals surface area (Å²) in [5, 5.41) is 0. The molecule has 0 radical (unpaired) electrons. The summed E-state index contributed by atoms with van der Waals surface area (Å²) in [6.07, 6.45) is 4.73. The van der Waals surface area contributed by atoms with Crippen molar-refractivity contribution in [2.75, 3.05) is 35.3 Å². The van der Waals surface area contributed by atoms with Crippen LogP contribution in [0.15, 0.2) is 12.3 Å². The number of allylic oxidation sites excluding steroid dienone is 1. The minimum absolute atomic E-state index is 0.441. The minimum Gasteiger partial charge on any atom is -0.505 e.